The minimum atomic E-state index is -4.60. The molecule has 3 N–H and O–H groups in total. The van der Waals surface area contributed by atoms with Gasteiger partial charge in [0.2, 0.25) is 0 Å². The minimum Gasteiger partial charge on any atom is -0.366 e. The molecule has 1 saturated heterocycles. The van der Waals surface area contributed by atoms with E-state index >= 15 is 0 Å². The predicted molar refractivity (Wildman–Crippen MR) is 124 cm³/mol. The van der Waals surface area contributed by atoms with Gasteiger partial charge in [-0.1, -0.05) is 0 Å². The Morgan fingerprint density at radius 2 is 1.89 bits per heavy atom. The Bertz CT molecular complexity index is 1220. The van der Waals surface area contributed by atoms with Crippen molar-refractivity contribution in [3.05, 3.63) is 41.7 Å². The molecule has 2 atom stereocenters. The Morgan fingerprint density at radius 1 is 1.11 bits per heavy atom. The summed E-state index contributed by atoms with van der Waals surface area (Å²) in [5.41, 5.74) is 0.723. The lowest BCUT2D eigenvalue weighted by Gasteiger charge is -2.35. The van der Waals surface area contributed by atoms with Crippen LogP contribution >= 0.6 is 0 Å². The molecule has 5 rings (SSSR count). The molecule has 10 nitrogen and oxygen atoms in total. The zero-order valence-corrected chi connectivity index (χ0v) is 19.3. The van der Waals surface area contributed by atoms with Gasteiger partial charge in [0.05, 0.1) is 11.7 Å². The molecule has 36 heavy (non-hydrogen) atoms. The molecule has 2 fully saturated rings. The molecule has 0 radical (unpaired) electrons. The number of urea groups is 1. The highest BCUT2D eigenvalue weighted by Crippen LogP contribution is 2.39. The monoisotopic (exact) mass is 503 g/mol. The Morgan fingerprint density at radius 3 is 2.61 bits per heavy atom. The lowest BCUT2D eigenvalue weighted by molar-refractivity contribution is -0.149. The molecule has 1 saturated carbocycles. The largest absolute Gasteiger partial charge is 0.408 e. The maximum Gasteiger partial charge on any atom is 0.408 e. The van der Waals surface area contributed by atoms with Crippen molar-refractivity contribution in [2.75, 3.05) is 28.2 Å². The van der Waals surface area contributed by atoms with Crippen LogP contribution < -0.4 is 25.8 Å². The Labute approximate surface area is 204 Å². The van der Waals surface area contributed by atoms with E-state index in [-0.39, 0.29) is 35.3 Å². The molecule has 2 aromatic rings. The van der Waals surface area contributed by atoms with Crippen LogP contribution in [0.15, 0.2) is 30.5 Å². The highest BCUT2D eigenvalue weighted by atomic mass is 19.4. The number of alkyl halides is 3. The molecular formula is C23H24F3N7O3. The number of fused-ring (bicyclic) bond motifs is 4. The van der Waals surface area contributed by atoms with Gasteiger partial charge in [-0.05, 0) is 50.5 Å². The van der Waals surface area contributed by atoms with Crippen molar-refractivity contribution in [2.24, 2.45) is 0 Å². The first kappa shape index (κ1) is 23.8. The van der Waals surface area contributed by atoms with E-state index < -0.39 is 24.2 Å². The summed E-state index contributed by atoms with van der Waals surface area (Å²) in [5, 5.41) is 7.46. The Hall–Kier alpha value is -3.90. The fraction of sp³-hybridized carbons (Fsp3) is 0.435. The SMILES string of the molecule is C[C@@H](NC(=O)c1ccc2c(n1)N(C(=O)Nc1cc(C(=O)NC3CC3)ccn1)[C@H]1CCN2C1)C(F)(F)F. The van der Waals surface area contributed by atoms with Gasteiger partial charge in [-0.3, -0.25) is 19.8 Å². The van der Waals surface area contributed by atoms with Crippen molar-refractivity contribution >= 4 is 35.2 Å². The molecule has 190 valence electrons. The van der Waals surface area contributed by atoms with Crippen LogP contribution in [0.4, 0.5) is 35.3 Å². The van der Waals surface area contributed by atoms with Crippen LogP contribution in [0.5, 0.6) is 0 Å². The molecule has 2 aliphatic heterocycles. The second-order valence-electron chi connectivity index (χ2n) is 9.14. The third-order valence-corrected chi connectivity index (χ3v) is 6.41. The highest BCUT2D eigenvalue weighted by Gasteiger charge is 2.41. The van der Waals surface area contributed by atoms with Crippen LogP contribution in [-0.2, 0) is 0 Å². The quantitative estimate of drug-likeness (QED) is 0.577. The zero-order chi connectivity index (χ0) is 25.6. The van der Waals surface area contributed by atoms with Crippen LogP contribution in [0.3, 0.4) is 0 Å². The van der Waals surface area contributed by atoms with Crippen molar-refractivity contribution in [2.45, 2.75) is 50.5 Å². The lowest BCUT2D eigenvalue weighted by Crippen LogP contribution is -2.49. The number of carbonyl (C=O) groups is 3. The maximum atomic E-state index is 13.3. The zero-order valence-electron chi connectivity index (χ0n) is 19.3. The molecule has 0 aromatic carbocycles. The van der Waals surface area contributed by atoms with Gasteiger partial charge in [0.25, 0.3) is 11.8 Å². The summed E-state index contributed by atoms with van der Waals surface area (Å²) in [5.74, 6) is -0.906. The molecule has 4 heterocycles. The number of anilines is 3. The number of hydrogen-bond donors (Lipinski definition) is 3. The van der Waals surface area contributed by atoms with Crippen molar-refractivity contribution in [3.63, 3.8) is 0 Å². The number of carbonyl (C=O) groups excluding carboxylic acids is 3. The topological polar surface area (TPSA) is 120 Å². The third-order valence-electron chi connectivity index (χ3n) is 6.41. The fourth-order valence-corrected chi connectivity index (χ4v) is 4.26. The van der Waals surface area contributed by atoms with Crippen molar-refractivity contribution in [3.8, 4) is 0 Å². The first-order chi connectivity index (χ1) is 17.1. The number of hydrogen-bond acceptors (Lipinski definition) is 6. The normalized spacial score (nSPS) is 19.4. The Kier molecular flexibility index (Phi) is 5.92. The molecular weight excluding hydrogens is 479 g/mol. The van der Waals surface area contributed by atoms with Crippen LogP contribution in [-0.4, -0.2) is 65.2 Å². The van der Waals surface area contributed by atoms with Gasteiger partial charge in [0.15, 0.2) is 5.82 Å². The smallest absolute Gasteiger partial charge is 0.366 e. The molecule has 0 unspecified atom stereocenters. The van der Waals surface area contributed by atoms with E-state index in [2.05, 4.69) is 20.6 Å². The van der Waals surface area contributed by atoms with E-state index in [0.29, 0.717) is 30.8 Å². The molecule has 0 spiro atoms. The van der Waals surface area contributed by atoms with Gasteiger partial charge in [0, 0.05) is 30.9 Å². The number of halogens is 3. The van der Waals surface area contributed by atoms with Gasteiger partial charge >= 0.3 is 12.2 Å². The summed E-state index contributed by atoms with van der Waals surface area (Å²) in [4.78, 5) is 50.0. The van der Waals surface area contributed by atoms with Gasteiger partial charge < -0.3 is 15.5 Å². The van der Waals surface area contributed by atoms with Crippen LogP contribution in [0, 0.1) is 0 Å². The van der Waals surface area contributed by atoms with E-state index in [1.165, 1.54) is 23.2 Å². The summed E-state index contributed by atoms with van der Waals surface area (Å²) >= 11 is 0. The summed E-state index contributed by atoms with van der Waals surface area (Å²) in [7, 11) is 0. The van der Waals surface area contributed by atoms with Gasteiger partial charge in [-0.25, -0.2) is 14.8 Å². The summed E-state index contributed by atoms with van der Waals surface area (Å²) < 4.78 is 38.7. The maximum absolute atomic E-state index is 13.3. The summed E-state index contributed by atoms with van der Waals surface area (Å²) in [6.07, 6.45) is -0.655. The summed E-state index contributed by atoms with van der Waals surface area (Å²) in [6, 6.07) is 3.24. The van der Waals surface area contributed by atoms with Crippen LogP contribution in [0.25, 0.3) is 0 Å². The average molecular weight is 503 g/mol. The molecule has 2 bridgehead atoms. The first-order valence-electron chi connectivity index (χ1n) is 11.6. The second kappa shape index (κ2) is 8.95. The van der Waals surface area contributed by atoms with E-state index in [1.54, 1.807) is 12.1 Å². The number of nitrogens with one attached hydrogen (secondary N) is 3. The lowest BCUT2D eigenvalue weighted by atomic mass is 10.1. The summed E-state index contributed by atoms with van der Waals surface area (Å²) in [6.45, 7) is 2.05. The number of nitrogens with zero attached hydrogens (tertiary/aromatic N) is 4. The highest BCUT2D eigenvalue weighted by molar-refractivity contribution is 6.05. The van der Waals surface area contributed by atoms with Gasteiger partial charge in [-0.15, -0.1) is 0 Å². The van der Waals surface area contributed by atoms with Crippen LogP contribution in [0.1, 0.15) is 47.0 Å². The van der Waals surface area contributed by atoms with Crippen molar-refractivity contribution < 1.29 is 27.6 Å². The number of amides is 4. The molecule has 4 amide bonds. The number of aromatic nitrogens is 2. The van der Waals surface area contributed by atoms with Crippen LogP contribution in [0.2, 0.25) is 0 Å². The molecule has 2 aromatic heterocycles. The predicted octanol–water partition coefficient (Wildman–Crippen LogP) is 2.68. The van der Waals surface area contributed by atoms with E-state index in [4.69, 9.17) is 0 Å². The van der Waals surface area contributed by atoms with E-state index in [0.717, 1.165) is 19.8 Å². The Balaban J connectivity index is 1.38. The number of pyridine rings is 2. The van der Waals surface area contributed by atoms with Crippen molar-refractivity contribution in [1.29, 1.82) is 0 Å². The second-order valence-corrected chi connectivity index (χ2v) is 9.14. The first-order valence-corrected chi connectivity index (χ1v) is 11.6. The number of rotatable bonds is 5. The molecule has 3 aliphatic rings. The van der Waals surface area contributed by atoms with Crippen molar-refractivity contribution in [1.82, 2.24) is 20.6 Å². The third kappa shape index (κ3) is 4.77. The molecule has 1 aliphatic carbocycles. The average Bonchev–Trinajstić information content (AvgIpc) is 3.55. The van der Waals surface area contributed by atoms with E-state index in [9.17, 15) is 27.6 Å². The van der Waals surface area contributed by atoms with E-state index in [1.807, 2.05) is 10.2 Å². The fourth-order valence-electron chi connectivity index (χ4n) is 4.26. The van der Waals surface area contributed by atoms with Gasteiger partial charge in [0.1, 0.15) is 17.6 Å². The minimum absolute atomic E-state index is 0.165. The van der Waals surface area contributed by atoms with Gasteiger partial charge in [-0.2, -0.15) is 13.2 Å². The molecule has 13 heteroatoms. The standard InChI is InChI=1S/C23H24F3N7O3/c1-12(23(24,25)26)28-21(35)16-4-5-17-19(30-16)33(15-7-9-32(17)11-15)22(36)31-18-10-13(6-8-27-18)20(34)29-14-2-3-14/h4-6,8,10,12,14-15H,2-3,7,9,11H2,1H3,(H,28,35)(H,29,34)(H,27,31,36)/t12-,15+/m1/s1.